The number of phenolic OH excluding ortho intramolecular Hbond substituents is 1. The van der Waals surface area contributed by atoms with Gasteiger partial charge in [0.2, 0.25) is 0 Å². The Morgan fingerprint density at radius 1 is 1.24 bits per heavy atom. The second-order valence-electron chi connectivity index (χ2n) is 5.24. The molecular formula is C18H18ClNO5. The predicted molar refractivity (Wildman–Crippen MR) is 92.8 cm³/mol. The number of amides is 1. The molecule has 2 rings (SSSR count). The molecule has 0 fully saturated rings. The van der Waals surface area contributed by atoms with Crippen LogP contribution < -0.4 is 10.1 Å². The number of aromatic hydroxyl groups is 1. The third-order valence-electron chi connectivity index (χ3n) is 3.48. The second-order valence-corrected chi connectivity index (χ2v) is 5.68. The third kappa shape index (κ3) is 4.87. The van der Waals surface area contributed by atoms with Crippen molar-refractivity contribution in [3.05, 3.63) is 58.6 Å². The van der Waals surface area contributed by atoms with Crippen molar-refractivity contribution in [2.75, 3.05) is 7.11 Å². The topological polar surface area (TPSA) is 84.9 Å². The third-order valence-corrected chi connectivity index (χ3v) is 3.71. The van der Waals surface area contributed by atoms with E-state index in [1.165, 1.54) is 25.1 Å². The molecule has 0 aliphatic heterocycles. The number of carbonyl (C=O) groups excluding carboxylic acids is 2. The Kier molecular flexibility index (Phi) is 6.25. The van der Waals surface area contributed by atoms with Gasteiger partial charge in [-0.3, -0.25) is 4.79 Å². The fourth-order valence-electron chi connectivity index (χ4n) is 2.13. The number of phenols is 1. The Balaban J connectivity index is 1.94. The number of halogens is 1. The molecule has 0 radical (unpaired) electrons. The fourth-order valence-corrected chi connectivity index (χ4v) is 2.30. The summed E-state index contributed by atoms with van der Waals surface area (Å²) in [5.74, 6) is -0.931. The van der Waals surface area contributed by atoms with Gasteiger partial charge >= 0.3 is 5.97 Å². The first kappa shape index (κ1) is 18.6. The highest BCUT2D eigenvalue weighted by Crippen LogP contribution is 2.23. The van der Waals surface area contributed by atoms with Gasteiger partial charge in [0.1, 0.15) is 17.1 Å². The molecule has 0 aromatic heterocycles. The van der Waals surface area contributed by atoms with Gasteiger partial charge in [-0.25, -0.2) is 4.79 Å². The maximum Gasteiger partial charge on any atom is 0.342 e. The van der Waals surface area contributed by atoms with Crippen LogP contribution in [0.5, 0.6) is 11.5 Å². The number of benzene rings is 2. The largest absolute Gasteiger partial charge is 0.507 e. The molecule has 1 amide bonds. The standard InChI is InChI=1S/C18H18ClNO5/c1-11(25-18(23)14-8-7-13(19)9-15(14)21)17(22)20-10-12-5-3-4-6-16(12)24-2/h3-9,11,21H,10H2,1-2H3,(H,20,22)/t11-/m0/s1. The molecule has 0 unspecified atom stereocenters. The molecule has 2 aromatic carbocycles. The quantitative estimate of drug-likeness (QED) is 0.771. The number of ether oxygens (including phenoxy) is 2. The van der Waals surface area contributed by atoms with Crippen molar-refractivity contribution < 1.29 is 24.2 Å². The Labute approximate surface area is 150 Å². The number of para-hydroxylation sites is 1. The van der Waals surface area contributed by atoms with E-state index in [1.807, 2.05) is 18.2 Å². The molecule has 1 atom stereocenters. The Morgan fingerprint density at radius 2 is 1.96 bits per heavy atom. The molecule has 0 saturated carbocycles. The van der Waals surface area contributed by atoms with Crippen molar-refractivity contribution in [3.8, 4) is 11.5 Å². The van der Waals surface area contributed by atoms with Crippen molar-refractivity contribution in [3.63, 3.8) is 0 Å². The number of esters is 1. The van der Waals surface area contributed by atoms with Crippen LogP contribution >= 0.6 is 11.6 Å². The summed E-state index contributed by atoms with van der Waals surface area (Å²) in [6.45, 7) is 1.68. The highest BCUT2D eigenvalue weighted by Gasteiger charge is 2.21. The zero-order valence-electron chi connectivity index (χ0n) is 13.8. The van der Waals surface area contributed by atoms with Crippen LogP contribution in [-0.2, 0) is 16.1 Å². The van der Waals surface area contributed by atoms with Crippen LogP contribution in [0, 0.1) is 0 Å². The molecule has 0 heterocycles. The first-order valence-electron chi connectivity index (χ1n) is 7.51. The van der Waals surface area contributed by atoms with Crippen molar-refractivity contribution >= 4 is 23.5 Å². The lowest BCUT2D eigenvalue weighted by molar-refractivity contribution is -0.129. The summed E-state index contributed by atoms with van der Waals surface area (Å²) in [6, 6.07) is 11.3. The summed E-state index contributed by atoms with van der Waals surface area (Å²) in [5.41, 5.74) is 0.737. The summed E-state index contributed by atoms with van der Waals surface area (Å²) in [4.78, 5) is 24.2. The van der Waals surface area contributed by atoms with Crippen LogP contribution in [0.1, 0.15) is 22.8 Å². The predicted octanol–water partition coefficient (Wildman–Crippen LogP) is 2.92. The highest BCUT2D eigenvalue weighted by atomic mass is 35.5. The molecular weight excluding hydrogens is 346 g/mol. The minimum Gasteiger partial charge on any atom is -0.507 e. The lowest BCUT2D eigenvalue weighted by Crippen LogP contribution is -2.35. The van der Waals surface area contributed by atoms with Crippen molar-refractivity contribution in [2.24, 2.45) is 0 Å². The molecule has 0 aliphatic rings. The first-order chi connectivity index (χ1) is 11.9. The van der Waals surface area contributed by atoms with Gasteiger partial charge in [0.15, 0.2) is 6.10 Å². The van der Waals surface area contributed by atoms with Crippen LogP contribution in [0.3, 0.4) is 0 Å². The highest BCUT2D eigenvalue weighted by molar-refractivity contribution is 6.30. The van der Waals surface area contributed by atoms with Crippen LogP contribution in [0.4, 0.5) is 0 Å². The fraction of sp³-hybridized carbons (Fsp3) is 0.222. The van der Waals surface area contributed by atoms with E-state index in [4.69, 9.17) is 21.1 Å². The Bertz CT molecular complexity index is 778. The van der Waals surface area contributed by atoms with Crippen LogP contribution in [-0.4, -0.2) is 30.2 Å². The van der Waals surface area contributed by atoms with Crippen LogP contribution in [0.25, 0.3) is 0 Å². The smallest absolute Gasteiger partial charge is 0.342 e. The molecule has 2 N–H and O–H groups in total. The summed E-state index contributed by atoms with van der Waals surface area (Å²) < 4.78 is 10.3. The van der Waals surface area contributed by atoms with E-state index in [1.54, 1.807) is 13.2 Å². The van der Waals surface area contributed by atoms with Crippen molar-refractivity contribution in [2.45, 2.75) is 19.6 Å². The first-order valence-corrected chi connectivity index (χ1v) is 7.89. The number of hydrogen-bond acceptors (Lipinski definition) is 5. The molecule has 0 saturated heterocycles. The van der Waals surface area contributed by atoms with E-state index >= 15 is 0 Å². The average molecular weight is 364 g/mol. The maximum absolute atomic E-state index is 12.1. The number of carbonyl (C=O) groups is 2. The zero-order chi connectivity index (χ0) is 18.4. The number of hydrogen-bond donors (Lipinski definition) is 2. The minimum atomic E-state index is -1.03. The number of nitrogens with one attached hydrogen (secondary N) is 1. The minimum absolute atomic E-state index is 0.0613. The molecule has 132 valence electrons. The van der Waals surface area contributed by atoms with Gasteiger partial charge in [-0.1, -0.05) is 29.8 Å². The lowest BCUT2D eigenvalue weighted by atomic mass is 10.2. The molecule has 7 heteroatoms. The van der Waals surface area contributed by atoms with E-state index in [2.05, 4.69) is 5.32 Å². The second kappa shape index (κ2) is 8.39. The summed E-state index contributed by atoms with van der Waals surface area (Å²) in [6.07, 6.45) is -1.03. The van der Waals surface area contributed by atoms with Crippen LogP contribution in [0.2, 0.25) is 5.02 Å². The van der Waals surface area contributed by atoms with Crippen molar-refractivity contribution in [1.29, 1.82) is 0 Å². The van der Waals surface area contributed by atoms with Gasteiger partial charge in [0.25, 0.3) is 5.91 Å². The lowest BCUT2D eigenvalue weighted by Gasteiger charge is -2.15. The number of methoxy groups -OCH3 is 1. The monoisotopic (exact) mass is 363 g/mol. The Morgan fingerprint density at radius 3 is 2.64 bits per heavy atom. The van der Waals surface area contributed by atoms with Gasteiger partial charge in [-0.2, -0.15) is 0 Å². The van der Waals surface area contributed by atoms with Gasteiger partial charge in [0, 0.05) is 17.1 Å². The van der Waals surface area contributed by atoms with E-state index < -0.39 is 18.0 Å². The average Bonchev–Trinajstić information content (AvgIpc) is 2.59. The molecule has 0 spiro atoms. The summed E-state index contributed by atoms with van der Waals surface area (Å²) in [7, 11) is 1.55. The van der Waals surface area contributed by atoms with Gasteiger partial charge < -0.3 is 19.9 Å². The van der Waals surface area contributed by atoms with Crippen molar-refractivity contribution in [1.82, 2.24) is 5.32 Å². The molecule has 6 nitrogen and oxygen atoms in total. The molecule has 0 aliphatic carbocycles. The van der Waals surface area contributed by atoms with E-state index in [9.17, 15) is 14.7 Å². The molecule has 2 aromatic rings. The maximum atomic E-state index is 12.1. The van der Waals surface area contributed by atoms with E-state index in [-0.39, 0.29) is 22.9 Å². The van der Waals surface area contributed by atoms with Gasteiger partial charge in [-0.05, 0) is 31.2 Å². The molecule has 25 heavy (non-hydrogen) atoms. The Hall–Kier alpha value is -2.73. The van der Waals surface area contributed by atoms with Crippen LogP contribution in [0.15, 0.2) is 42.5 Å². The molecule has 0 bridgehead atoms. The van der Waals surface area contributed by atoms with Gasteiger partial charge in [-0.15, -0.1) is 0 Å². The summed E-state index contributed by atoms with van der Waals surface area (Å²) in [5, 5.41) is 12.7. The van der Waals surface area contributed by atoms with E-state index in [0.29, 0.717) is 5.75 Å². The van der Waals surface area contributed by atoms with E-state index in [0.717, 1.165) is 5.56 Å². The zero-order valence-corrected chi connectivity index (χ0v) is 14.5. The summed E-state index contributed by atoms with van der Waals surface area (Å²) >= 11 is 5.72. The SMILES string of the molecule is COc1ccccc1CNC(=O)[C@H](C)OC(=O)c1ccc(Cl)cc1O. The van der Waals surface area contributed by atoms with Gasteiger partial charge in [0.05, 0.1) is 7.11 Å². The number of rotatable bonds is 6. The normalized spacial score (nSPS) is 11.5.